The molecule has 1 aliphatic carbocycles. The largest absolute Gasteiger partial charge is 0.493 e. The molecule has 1 aliphatic rings. The lowest BCUT2D eigenvalue weighted by atomic mass is 10.2. The molecule has 0 saturated heterocycles. The van der Waals surface area contributed by atoms with Gasteiger partial charge in [0.1, 0.15) is 0 Å². The van der Waals surface area contributed by atoms with E-state index in [-0.39, 0.29) is 6.04 Å². The molecule has 0 radical (unpaired) electrons. The quantitative estimate of drug-likeness (QED) is 0.656. The Hall–Kier alpha value is -1.47. The second-order valence-electron chi connectivity index (χ2n) is 5.43. The van der Waals surface area contributed by atoms with Crippen LogP contribution >= 0.6 is 15.9 Å². The molecule has 0 atom stereocenters. The molecular formula is C16H22BrNO5. The smallest absolute Gasteiger partial charge is 0.407 e. The van der Waals surface area contributed by atoms with Crippen molar-refractivity contribution >= 4 is 22.0 Å². The van der Waals surface area contributed by atoms with Gasteiger partial charge < -0.3 is 24.2 Å². The van der Waals surface area contributed by atoms with Crippen molar-refractivity contribution in [3.8, 4) is 11.5 Å². The number of amides is 1. The highest BCUT2D eigenvalue weighted by atomic mass is 79.9. The van der Waals surface area contributed by atoms with Crippen LogP contribution in [0.2, 0.25) is 0 Å². The minimum Gasteiger partial charge on any atom is -0.493 e. The summed E-state index contributed by atoms with van der Waals surface area (Å²) in [6, 6.07) is 3.79. The van der Waals surface area contributed by atoms with Crippen molar-refractivity contribution in [2.24, 2.45) is 0 Å². The maximum atomic E-state index is 11.4. The monoisotopic (exact) mass is 387 g/mol. The first-order valence-electron chi connectivity index (χ1n) is 7.54. The fourth-order valence-electron chi connectivity index (χ4n) is 2.28. The molecule has 1 aromatic carbocycles. The second-order valence-corrected chi connectivity index (χ2v) is 6.29. The van der Waals surface area contributed by atoms with Gasteiger partial charge in [0.2, 0.25) is 0 Å². The van der Waals surface area contributed by atoms with Crippen LogP contribution in [-0.4, -0.2) is 49.6 Å². The minimum atomic E-state index is -0.891. The number of nitrogens with zero attached hydrogens (tertiary/aromatic N) is 1. The molecule has 1 saturated carbocycles. The first-order chi connectivity index (χ1) is 11.1. The van der Waals surface area contributed by atoms with Gasteiger partial charge in [-0.1, -0.05) is 15.9 Å². The highest BCUT2D eigenvalue weighted by Gasteiger charge is 2.33. The first kappa shape index (κ1) is 17.9. The van der Waals surface area contributed by atoms with E-state index in [4.69, 9.17) is 14.2 Å². The zero-order valence-electron chi connectivity index (χ0n) is 13.4. The number of carbonyl (C=O) groups is 1. The van der Waals surface area contributed by atoms with Gasteiger partial charge in [-0.15, -0.1) is 0 Å². The molecule has 1 fully saturated rings. The van der Waals surface area contributed by atoms with Crippen LogP contribution in [0.5, 0.6) is 11.5 Å². The van der Waals surface area contributed by atoms with Crippen LogP contribution in [0.1, 0.15) is 24.8 Å². The van der Waals surface area contributed by atoms with E-state index in [9.17, 15) is 9.90 Å². The summed E-state index contributed by atoms with van der Waals surface area (Å²) in [7, 11) is 3.23. The van der Waals surface area contributed by atoms with Gasteiger partial charge >= 0.3 is 6.09 Å². The molecule has 6 nitrogen and oxygen atoms in total. The van der Waals surface area contributed by atoms with Gasteiger partial charge in [-0.25, -0.2) is 4.79 Å². The Morgan fingerprint density at radius 2 is 2.04 bits per heavy atom. The van der Waals surface area contributed by atoms with Gasteiger partial charge in [-0.3, -0.25) is 0 Å². The summed E-state index contributed by atoms with van der Waals surface area (Å²) in [4.78, 5) is 12.9. The van der Waals surface area contributed by atoms with Gasteiger partial charge in [0, 0.05) is 30.7 Å². The zero-order valence-corrected chi connectivity index (χ0v) is 15.0. The molecule has 0 unspecified atom stereocenters. The highest BCUT2D eigenvalue weighted by Crippen LogP contribution is 2.36. The van der Waals surface area contributed by atoms with E-state index in [1.54, 1.807) is 14.2 Å². The summed E-state index contributed by atoms with van der Waals surface area (Å²) in [6.45, 7) is 1.47. The molecule has 0 bridgehead atoms. The summed E-state index contributed by atoms with van der Waals surface area (Å²) in [5, 5.41) is 9.35. The van der Waals surface area contributed by atoms with Gasteiger partial charge in [0.05, 0.1) is 20.3 Å². The highest BCUT2D eigenvalue weighted by molar-refractivity contribution is 9.10. The molecule has 1 N–H and O–H groups in total. The maximum absolute atomic E-state index is 11.4. The Bertz CT molecular complexity index is 548. The van der Waals surface area contributed by atoms with Crippen molar-refractivity contribution in [2.45, 2.75) is 31.8 Å². The van der Waals surface area contributed by atoms with Crippen molar-refractivity contribution < 1.29 is 24.1 Å². The molecule has 1 aromatic rings. The standard InChI is InChI=1S/C16H22BrNO5/c1-21-6-3-7-23-15-8-11(13(17)9-14(15)22-2)10-18(16(19)20)12-4-5-12/h8-9,12H,3-7,10H2,1-2H3,(H,19,20). The predicted octanol–water partition coefficient (Wildman–Crippen LogP) is 3.52. The Morgan fingerprint density at radius 1 is 1.30 bits per heavy atom. The molecular weight excluding hydrogens is 366 g/mol. The second kappa shape index (κ2) is 8.40. The van der Waals surface area contributed by atoms with E-state index in [0.717, 1.165) is 29.3 Å². The minimum absolute atomic E-state index is 0.132. The SMILES string of the molecule is COCCCOc1cc(CN(C(=O)O)C2CC2)c(Br)cc1OC. The molecule has 0 heterocycles. The van der Waals surface area contributed by atoms with Crippen LogP contribution in [0.15, 0.2) is 16.6 Å². The van der Waals surface area contributed by atoms with Crippen molar-refractivity contribution in [2.75, 3.05) is 27.4 Å². The van der Waals surface area contributed by atoms with E-state index < -0.39 is 6.09 Å². The summed E-state index contributed by atoms with van der Waals surface area (Å²) < 4.78 is 16.9. The number of hydrogen-bond donors (Lipinski definition) is 1. The summed E-state index contributed by atoms with van der Waals surface area (Å²) in [5.41, 5.74) is 0.863. The average Bonchev–Trinajstić information content (AvgIpc) is 3.35. The number of rotatable bonds is 9. The topological polar surface area (TPSA) is 68.2 Å². The summed E-state index contributed by atoms with van der Waals surface area (Å²) in [6.07, 6.45) is 1.74. The molecule has 0 spiro atoms. The van der Waals surface area contributed by atoms with Gasteiger partial charge in [0.15, 0.2) is 11.5 Å². The third-order valence-corrected chi connectivity index (χ3v) is 4.40. The van der Waals surface area contributed by atoms with Gasteiger partial charge in [-0.05, 0) is 30.5 Å². The number of hydrogen-bond acceptors (Lipinski definition) is 4. The number of halogens is 1. The number of methoxy groups -OCH3 is 2. The van der Waals surface area contributed by atoms with Crippen molar-refractivity contribution in [3.05, 3.63) is 22.2 Å². The van der Waals surface area contributed by atoms with E-state index in [1.807, 2.05) is 12.1 Å². The van der Waals surface area contributed by atoms with Crippen molar-refractivity contribution in [1.29, 1.82) is 0 Å². The molecule has 2 rings (SSSR count). The normalized spacial score (nSPS) is 13.7. The summed E-state index contributed by atoms with van der Waals surface area (Å²) >= 11 is 3.49. The Morgan fingerprint density at radius 3 is 2.61 bits per heavy atom. The fourth-order valence-corrected chi connectivity index (χ4v) is 2.73. The van der Waals surface area contributed by atoms with Crippen LogP contribution in [0.3, 0.4) is 0 Å². The molecule has 23 heavy (non-hydrogen) atoms. The Balaban J connectivity index is 2.13. The van der Waals surface area contributed by atoms with Crippen LogP contribution in [0.4, 0.5) is 4.79 Å². The number of carboxylic acid groups (broad SMARTS) is 1. The molecule has 0 aromatic heterocycles. The lowest BCUT2D eigenvalue weighted by Gasteiger charge is -2.21. The van der Waals surface area contributed by atoms with E-state index >= 15 is 0 Å². The van der Waals surface area contributed by atoms with Crippen LogP contribution in [-0.2, 0) is 11.3 Å². The molecule has 7 heteroatoms. The van der Waals surface area contributed by atoms with Crippen molar-refractivity contribution in [3.63, 3.8) is 0 Å². The van der Waals surface area contributed by atoms with E-state index in [0.29, 0.717) is 31.3 Å². The Labute approximate surface area is 144 Å². The Kier molecular flexibility index (Phi) is 6.53. The van der Waals surface area contributed by atoms with Crippen LogP contribution in [0.25, 0.3) is 0 Å². The molecule has 1 amide bonds. The first-order valence-corrected chi connectivity index (χ1v) is 8.33. The van der Waals surface area contributed by atoms with Crippen molar-refractivity contribution in [1.82, 2.24) is 4.90 Å². The number of ether oxygens (including phenoxy) is 3. The zero-order chi connectivity index (χ0) is 16.8. The average molecular weight is 388 g/mol. The lowest BCUT2D eigenvalue weighted by molar-refractivity contribution is 0.139. The molecule has 0 aliphatic heterocycles. The maximum Gasteiger partial charge on any atom is 0.407 e. The van der Waals surface area contributed by atoms with E-state index in [1.165, 1.54) is 4.90 Å². The number of benzene rings is 1. The predicted molar refractivity (Wildman–Crippen MR) is 89.3 cm³/mol. The van der Waals surface area contributed by atoms with Crippen LogP contribution < -0.4 is 9.47 Å². The van der Waals surface area contributed by atoms with E-state index in [2.05, 4.69) is 15.9 Å². The van der Waals surface area contributed by atoms with Gasteiger partial charge in [-0.2, -0.15) is 0 Å². The van der Waals surface area contributed by atoms with Crippen LogP contribution in [0, 0.1) is 0 Å². The summed E-state index contributed by atoms with van der Waals surface area (Å²) in [5.74, 6) is 1.23. The lowest BCUT2D eigenvalue weighted by Crippen LogP contribution is -2.31. The molecule has 128 valence electrons. The third-order valence-electron chi connectivity index (χ3n) is 3.66. The fraction of sp³-hybridized carbons (Fsp3) is 0.562. The third kappa shape index (κ3) is 5.00. The van der Waals surface area contributed by atoms with Gasteiger partial charge in [0.25, 0.3) is 0 Å².